The standard InChI is InChI=1S/C10H18O/c1-6(2)10-4-8(10)7(3)9(11)5-10/h6-9,11H,4-5H2,1-3H3/t7-,8?,9-,10-/m0/s1. The fourth-order valence-electron chi connectivity index (χ4n) is 3.04. The van der Waals surface area contributed by atoms with Gasteiger partial charge in [0, 0.05) is 0 Å². The lowest BCUT2D eigenvalue weighted by Crippen LogP contribution is -2.15. The fraction of sp³-hybridized carbons (Fsp3) is 1.00. The highest BCUT2D eigenvalue weighted by atomic mass is 16.3. The van der Waals surface area contributed by atoms with Crippen LogP contribution in [0.2, 0.25) is 0 Å². The Kier molecular flexibility index (Phi) is 1.39. The van der Waals surface area contributed by atoms with E-state index in [0.717, 1.165) is 18.3 Å². The summed E-state index contributed by atoms with van der Waals surface area (Å²) < 4.78 is 0. The molecular formula is C10H18O. The highest BCUT2D eigenvalue weighted by molar-refractivity contribution is 5.13. The predicted octanol–water partition coefficient (Wildman–Crippen LogP) is 2.05. The molecular weight excluding hydrogens is 136 g/mol. The highest BCUT2D eigenvalue weighted by Crippen LogP contribution is 2.69. The van der Waals surface area contributed by atoms with Crippen molar-refractivity contribution in [3.63, 3.8) is 0 Å². The van der Waals surface area contributed by atoms with Crippen LogP contribution in [0.15, 0.2) is 0 Å². The summed E-state index contributed by atoms with van der Waals surface area (Å²) in [6.07, 6.45) is 2.44. The van der Waals surface area contributed by atoms with Gasteiger partial charge in [0.2, 0.25) is 0 Å². The van der Waals surface area contributed by atoms with Crippen molar-refractivity contribution in [2.75, 3.05) is 0 Å². The summed E-state index contributed by atoms with van der Waals surface area (Å²) in [6, 6.07) is 0. The third-order valence-corrected chi connectivity index (χ3v) is 4.16. The van der Waals surface area contributed by atoms with Crippen molar-refractivity contribution < 1.29 is 5.11 Å². The second-order valence-electron chi connectivity index (χ2n) is 4.83. The summed E-state index contributed by atoms with van der Waals surface area (Å²) in [4.78, 5) is 0. The van der Waals surface area contributed by atoms with Crippen LogP contribution < -0.4 is 0 Å². The molecule has 64 valence electrons. The molecule has 0 aromatic rings. The third-order valence-electron chi connectivity index (χ3n) is 4.16. The number of rotatable bonds is 1. The van der Waals surface area contributed by atoms with Gasteiger partial charge >= 0.3 is 0 Å². The van der Waals surface area contributed by atoms with Gasteiger partial charge in [0.25, 0.3) is 0 Å². The van der Waals surface area contributed by atoms with E-state index in [1.807, 2.05) is 0 Å². The first kappa shape index (κ1) is 7.60. The molecule has 2 aliphatic carbocycles. The first-order chi connectivity index (χ1) is 5.08. The van der Waals surface area contributed by atoms with E-state index in [1.165, 1.54) is 6.42 Å². The molecule has 0 aromatic carbocycles. The van der Waals surface area contributed by atoms with E-state index in [4.69, 9.17) is 0 Å². The summed E-state index contributed by atoms with van der Waals surface area (Å²) in [5.74, 6) is 2.18. The van der Waals surface area contributed by atoms with Crippen LogP contribution in [-0.2, 0) is 0 Å². The van der Waals surface area contributed by atoms with Crippen LogP contribution >= 0.6 is 0 Å². The first-order valence-corrected chi connectivity index (χ1v) is 4.76. The van der Waals surface area contributed by atoms with Crippen molar-refractivity contribution in [3.8, 4) is 0 Å². The third kappa shape index (κ3) is 0.807. The molecule has 1 heteroatoms. The Morgan fingerprint density at radius 2 is 2.00 bits per heavy atom. The Balaban J connectivity index is 2.13. The zero-order valence-electron chi connectivity index (χ0n) is 7.67. The summed E-state index contributed by atoms with van der Waals surface area (Å²) in [7, 11) is 0. The summed E-state index contributed by atoms with van der Waals surface area (Å²) in [5, 5.41) is 9.61. The molecule has 0 aromatic heterocycles. The van der Waals surface area contributed by atoms with Gasteiger partial charge in [0.1, 0.15) is 0 Å². The number of aliphatic hydroxyl groups excluding tert-OH is 1. The van der Waals surface area contributed by atoms with Gasteiger partial charge < -0.3 is 5.11 Å². The minimum absolute atomic E-state index is 0.00356. The molecule has 2 fully saturated rings. The van der Waals surface area contributed by atoms with Gasteiger partial charge in [-0.15, -0.1) is 0 Å². The molecule has 0 radical (unpaired) electrons. The minimum atomic E-state index is -0.00356. The van der Waals surface area contributed by atoms with Crippen LogP contribution in [0.3, 0.4) is 0 Å². The van der Waals surface area contributed by atoms with Crippen LogP contribution in [0.5, 0.6) is 0 Å². The molecule has 0 heterocycles. The zero-order valence-corrected chi connectivity index (χ0v) is 7.67. The van der Waals surface area contributed by atoms with Gasteiger partial charge in [-0.1, -0.05) is 20.8 Å². The SMILES string of the molecule is CC(C)[C@@]12CC1[C@H](C)[C@@H](O)C2. The molecule has 2 rings (SSSR count). The molecule has 0 aliphatic heterocycles. The van der Waals surface area contributed by atoms with E-state index in [9.17, 15) is 5.11 Å². The average molecular weight is 154 g/mol. The second-order valence-corrected chi connectivity index (χ2v) is 4.83. The molecule has 2 saturated carbocycles. The smallest absolute Gasteiger partial charge is 0.0574 e. The Labute approximate surface area is 68.8 Å². The molecule has 0 saturated heterocycles. The van der Waals surface area contributed by atoms with Crippen molar-refractivity contribution in [1.29, 1.82) is 0 Å². The largest absolute Gasteiger partial charge is 0.393 e. The number of aliphatic hydroxyl groups is 1. The van der Waals surface area contributed by atoms with E-state index in [1.54, 1.807) is 0 Å². The lowest BCUT2D eigenvalue weighted by atomic mass is 9.89. The lowest BCUT2D eigenvalue weighted by Gasteiger charge is -2.17. The molecule has 1 N–H and O–H groups in total. The minimum Gasteiger partial charge on any atom is -0.393 e. The maximum atomic E-state index is 9.61. The molecule has 1 unspecified atom stereocenters. The van der Waals surface area contributed by atoms with E-state index < -0.39 is 0 Å². The normalized spacial score (nSPS) is 54.8. The highest BCUT2D eigenvalue weighted by Gasteiger charge is 2.64. The average Bonchev–Trinajstić information content (AvgIpc) is 2.57. The Morgan fingerprint density at radius 3 is 2.27 bits per heavy atom. The van der Waals surface area contributed by atoms with Crippen LogP contribution in [0.1, 0.15) is 33.6 Å². The van der Waals surface area contributed by atoms with E-state index in [2.05, 4.69) is 20.8 Å². The summed E-state index contributed by atoms with van der Waals surface area (Å²) in [6.45, 7) is 6.79. The van der Waals surface area contributed by atoms with Gasteiger partial charge in [0.15, 0.2) is 0 Å². The molecule has 0 bridgehead atoms. The Hall–Kier alpha value is -0.0400. The summed E-state index contributed by atoms with van der Waals surface area (Å²) in [5.41, 5.74) is 0.554. The maximum Gasteiger partial charge on any atom is 0.0574 e. The van der Waals surface area contributed by atoms with Crippen molar-refractivity contribution in [2.24, 2.45) is 23.2 Å². The zero-order chi connectivity index (χ0) is 8.22. The van der Waals surface area contributed by atoms with Crippen LogP contribution in [0, 0.1) is 23.2 Å². The molecule has 0 amide bonds. The molecule has 4 atom stereocenters. The quantitative estimate of drug-likeness (QED) is 0.613. The Morgan fingerprint density at radius 1 is 1.36 bits per heavy atom. The van der Waals surface area contributed by atoms with E-state index in [0.29, 0.717) is 11.3 Å². The number of hydrogen-bond acceptors (Lipinski definition) is 1. The van der Waals surface area contributed by atoms with Gasteiger partial charge in [-0.25, -0.2) is 0 Å². The second kappa shape index (κ2) is 2.01. The van der Waals surface area contributed by atoms with Gasteiger partial charge in [-0.3, -0.25) is 0 Å². The molecule has 2 aliphatic rings. The number of hydrogen-bond donors (Lipinski definition) is 1. The first-order valence-electron chi connectivity index (χ1n) is 4.76. The molecule has 11 heavy (non-hydrogen) atoms. The molecule has 1 nitrogen and oxygen atoms in total. The Bertz CT molecular complexity index is 176. The van der Waals surface area contributed by atoms with Gasteiger partial charge in [-0.05, 0) is 36.0 Å². The van der Waals surface area contributed by atoms with Crippen molar-refractivity contribution in [3.05, 3.63) is 0 Å². The predicted molar refractivity (Wildman–Crippen MR) is 45.2 cm³/mol. The fourth-order valence-corrected chi connectivity index (χ4v) is 3.04. The van der Waals surface area contributed by atoms with Crippen LogP contribution in [-0.4, -0.2) is 11.2 Å². The van der Waals surface area contributed by atoms with Crippen molar-refractivity contribution in [1.82, 2.24) is 0 Å². The van der Waals surface area contributed by atoms with Crippen molar-refractivity contribution >= 4 is 0 Å². The monoisotopic (exact) mass is 154 g/mol. The van der Waals surface area contributed by atoms with Crippen molar-refractivity contribution in [2.45, 2.75) is 39.7 Å². The molecule has 0 spiro atoms. The van der Waals surface area contributed by atoms with E-state index >= 15 is 0 Å². The van der Waals surface area contributed by atoms with Crippen LogP contribution in [0.25, 0.3) is 0 Å². The van der Waals surface area contributed by atoms with E-state index in [-0.39, 0.29) is 6.10 Å². The van der Waals surface area contributed by atoms with Crippen LogP contribution in [0.4, 0.5) is 0 Å². The lowest BCUT2D eigenvalue weighted by molar-refractivity contribution is 0.113. The van der Waals surface area contributed by atoms with Gasteiger partial charge in [-0.2, -0.15) is 0 Å². The maximum absolute atomic E-state index is 9.61. The number of fused-ring (bicyclic) bond motifs is 1. The summed E-state index contributed by atoms with van der Waals surface area (Å²) >= 11 is 0. The topological polar surface area (TPSA) is 20.2 Å². The van der Waals surface area contributed by atoms with Gasteiger partial charge in [0.05, 0.1) is 6.10 Å².